The molecule has 3 N–H and O–H groups in total. The summed E-state index contributed by atoms with van der Waals surface area (Å²) in [4.78, 5) is 12.2. The number of carbonyl (C=O) groups is 1. The normalized spacial score (nSPS) is 20.9. The van der Waals surface area contributed by atoms with E-state index >= 15 is 0 Å². The molecule has 0 aliphatic carbocycles. The highest BCUT2D eigenvalue weighted by molar-refractivity contribution is 8.05. The molecule has 1 atom stereocenters. The van der Waals surface area contributed by atoms with Gasteiger partial charge in [0.2, 0.25) is 0 Å². The van der Waals surface area contributed by atoms with Crippen molar-refractivity contribution in [3.05, 3.63) is 28.7 Å². The minimum absolute atomic E-state index is 0.169. The summed E-state index contributed by atoms with van der Waals surface area (Å²) in [6.07, 6.45) is 1.74. The van der Waals surface area contributed by atoms with Crippen LogP contribution in [-0.4, -0.2) is 25.6 Å². The van der Waals surface area contributed by atoms with Gasteiger partial charge in [-0.3, -0.25) is 4.79 Å². The van der Waals surface area contributed by atoms with Crippen molar-refractivity contribution in [2.75, 3.05) is 14.2 Å². The Labute approximate surface area is 109 Å². The summed E-state index contributed by atoms with van der Waals surface area (Å²) in [6, 6.07) is 5.49. The monoisotopic (exact) mass is 266 g/mol. The summed E-state index contributed by atoms with van der Waals surface area (Å²) in [5.41, 5.74) is 6.02. The van der Waals surface area contributed by atoms with Gasteiger partial charge in [0, 0.05) is 5.56 Å². The fourth-order valence-corrected chi connectivity index (χ4v) is 2.49. The molecule has 0 bridgehead atoms. The van der Waals surface area contributed by atoms with E-state index in [-0.39, 0.29) is 11.4 Å². The number of nitrogens with one attached hydrogen (secondary N) is 1. The topological polar surface area (TPSA) is 73.6 Å². The third-order valence-corrected chi connectivity index (χ3v) is 3.40. The van der Waals surface area contributed by atoms with Gasteiger partial charge < -0.3 is 20.5 Å². The maximum atomic E-state index is 11.6. The van der Waals surface area contributed by atoms with E-state index in [9.17, 15) is 4.79 Å². The molecule has 1 aromatic rings. The molecule has 0 saturated carbocycles. The summed E-state index contributed by atoms with van der Waals surface area (Å²) in [7, 11) is 3.13. The molecule has 5 nitrogen and oxygen atoms in total. The van der Waals surface area contributed by atoms with Gasteiger partial charge in [-0.05, 0) is 12.1 Å². The predicted molar refractivity (Wildman–Crippen MR) is 71.2 cm³/mol. The number of hydrogen-bond acceptors (Lipinski definition) is 5. The molecule has 1 saturated heterocycles. The van der Waals surface area contributed by atoms with E-state index in [2.05, 4.69) is 5.32 Å². The largest absolute Gasteiger partial charge is 0.493 e. The van der Waals surface area contributed by atoms with Crippen LogP contribution in [0.4, 0.5) is 0 Å². The number of carbonyl (C=O) groups excluding carboxylic acids is 1. The average molecular weight is 266 g/mol. The van der Waals surface area contributed by atoms with Crippen molar-refractivity contribution in [1.29, 1.82) is 0 Å². The highest BCUT2D eigenvalue weighted by atomic mass is 32.2. The Balaban J connectivity index is 2.40. The van der Waals surface area contributed by atoms with Gasteiger partial charge >= 0.3 is 0 Å². The van der Waals surface area contributed by atoms with E-state index in [1.807, 2.05) is 12.1 Å². The van der Waals surface area contributed by atoms with Gasteiger partial charge in [0.05, 0.1) is 19.1 Å². The van der Waals surface area contributed by atoms with Gasteiger partial charge in [0.15, 0.2) is 11.5 Å². The Morgan fingerprint density at radius 1 is 1.39 bits per heavy atom. The standard InChI is InChI=1S/C12H14N2O3S/c1-16-8-5-3-4-7(10(8)17-2)6-9-11(15)14-12(13)18-9/h3-6,12H,13H2,1-2H3,(H,14,15)/b9-6+. The van der Waals surface area contributed by atoms with Crippen LogP contribution in [0.15, 0.2) is 23.1 Å². The summed E-state index contributed by atoms with van der Waals surface area (Å²) in [6.45, 7) is 0. The van der Waals surface area contributed by atoms with Crippen LogP contribution in [0.2, 0.25) is 0 Å². The summed E-state index contributed by atoms with van der Waals surface area (Å²) >= 11 is 1.28. The molecule has 1 aromatic carbocycles. The Bertz CT molecular complexity index is 502. The minimum atomic E-state index is -0.389. The molecule has 1 aliphatic rings. The Kier molecular flexibility index (Phi) is 3.78. The highest BCUT2D eigenvalue weighted by Crippen LogP contribution is 2.34. The number of methoxy groups -OCH3 is 2. The zero-order valence-corrected chi connectivity index (χ0v) is 10.9. The first-order valence-corrected chi connectivity index (χ1v) is 6.19. The molecule has 2 rings (SSSR count). The molecule has 0 radical (unpaired) electrons. The van der Waals surface area contributed by atoms with Crippen LogP contribution in [0.5, 0.6) is 11.5 Å². The molecule has 1 fully saturated rings. The van der Waals surface area contributed by atoms with E-state index in [0.29, 0.717) is 16.4 Å². The molecule has 1 aliphatic heterocycles. The predicted octanol–water partition coefficient (Wildman–Crippen LogP) is 1.15. The van der Waals surface area contributed by atoms with Gasteiger partial charge in [-0.2, -0.15) is 0 Å². The van der Waals surface area contributed by atoms with Crippen molar-refractivity contribution in [2.45, 2.75) is 5.50 Å². The van der Waals surface area contributed by atoms with E-state index in [0.717, 1.165) is 5.56 Å². The fraction of sp³-hybridized carbons (Fsp3) is 0.250. The maximum absolute atomic E-state index is 11.6. The lowest BCUT2D eigenvalue weighted by molar-refractivity contribution is -0.116. The number of rotatable bonds is 3. The number of nitrogens with two attached hydrogens (primary N) is 1. The van der Waals surface area contributed by atoms with Crippen LogP contribution < -0.4 is 20.5 Å². The molecular weight excluding hydrogens is 252 g/mol. The van der Waals surface area contributed by atoms with Gasteiger partial charge in [-0.1, -0.05) is 23.9 Å². The lowest BCUT2D eigenvalue weighted by Crippen LogP contribution is -2.31. The third-order valence-electron chi connectivity index (χ3n) is 2.47. The number of ether oxygens (including phenoxy) is 2. The van der Waals surface area contributed by atoms with Gasteiger partial charge in [0.25, 0.3) is 5.91 Å². The van der Waals surface area contributed by atoms with Crippen LogP contribution in [-0.2, 0) is 4.79 Å². The van der Waals surface area contributed by atoms with Gasteiger partial charge in [-0.25, -0.2) is 0 Å². The molecular formula is C12H14N2O3S. The number of amides is 1. The minimum Gasteiger partial charge on any atom is -0.493 e. The maximum Gasteiger partial charge on any atom is 0.259 e. The van der Waals surface area contributed by atoms with E-state index < -0.39 is 0 Å². The van der Waals surface area contributed by atoms with Crippen molar-refractivity contribution in [3.8, 4) is 11.5 Å². The Morgan fingerprint density at radius 3 is 2.72 bits per heavy atom. The van der Waals surface area contributed by atoms with Crippen molar-refractivity contribution < 1.29 is 14.3 Å². The van der Waals surface area contributed by atoms with Crippen LogP contribution in [0.3, 0.4) is 0 Å². The van der Waals surface area contributed by atoms with Crippen molar-refractivity contribution in [3.63, 3.8) is 0 Å². The first-order valence-electron chi connectivity index (χ1n) is 5.31. The Hall–Kier alpha value is -1.66. The highest BCUT2D eigenvalue weighted by Gasteiger charge is 2.24. The molecule has 0 spiro atoms. The molecule has 1 amide bonds. The zero-order chi connectivity index (χ0) is 13.1. The fourth-order valence-electron chi connectivity index (χ4n) is 1.69. The second-order valence-electron chi connectivity index (χ2n) is 3.60. The number of para-hydroxylation sites is 1. The first kappa shape index (κ1) is 12.8. The van der Waals surface area contributed by atoms with Gasteiger partial charge in [-0.15, -0.1) is 0 Å². The summed E-state index contributed by atoms with van der Waals surface area (Å²) in [5.74, 6) is 1.05. The number of benzene rings is 1. The molecule has 18 heavy (non-hydrogen) atoms. The van der Waals surface area contributed by atoms with E-state index in [1.165, 1.54) is 11.8 Å². The molecule has 96 valence electrons. The molecule has 1 heterocycles. The third kappa shape index (κ3) is 2.44. The van der Waals surface area contributed by atoms with E-state index in [1.54, 1.807) is 26.4 Å². The van der Waals surface area contributed by atoms with Crippen molar-refractivity contribution >= 4 is 23.7 Å². The van der Waals surface area contributed by atoms with Crippen LogP contribution in [0.25, 0.3) is 6.08 Å². The van der Waals surface area contributed by atoms with Crippen molar-refractivity contribution in [2.24, 2.45) is 5.73 Å². The zero-order valence-electron chi connectivity index (χ0n) is 10.1. The number of thioether (sulfide) groups is 1. The second-order valence-corrected chi connectivity index (χ2v) is 4.79. The average Bonchev–Trinajstić information content (AvgIpc) is 2.67. The van der Waals surface area contributed by atoms with Crippen LogP contribution in [0, 0.1) is 0 Å². The number of hydrogen-bond donors (Lipinski definition) is 2. The smallest absolute Gasteiger partial charge is 0.259 e. The quantitative estimate of drug-likeness (QED) is 0.803. The first-order chi connectivity index (χ1) is 8.65. The molecule has 0 aromatic heterocycles. The Morgan fingerprint density at radius 2 is 2.17 bits per heavy atom. The summed E-state index contributed by atoms with van der Waals surface area (Å²) in [5, 5.41) is 2.61. The van der Waals surface area contributed by atoms with Gasteiger partial charge in [0.1, 0.15) is 5.50 Å². The van der Waals surface area contributed by atoms with E-state index in [4.69, 9.17) is 15.2 Å². The second kappa shape index (κ2) is 5.32. The van der Waals surface area contributed by atoms with Crippen LogP contribution >= 0.6 is 11.8 Å². The molecule has 1 unspecified atom stereocenters. The lowest BCUT2D eigenvalue weighted by atomic mass is 10.1. The van der Waals surface area contributed by atoms with Crippen LogP contribution in [0.1, 0.15) is 5.56 Å². The SMILES string of the molecule is COc1cccc(/C=C2/SC(N)NC2=O)c1OC. The van der Waals surface area contributed by atoms with Crippen molar-refractivity contribution in [1.82, 2.24) is 5.32 Å². The molecule has 6 heteroatoms. The summed E-state index contributed by atoms with van der Waals surface area (Å²) < 4.78 is 10.5. The lowest BCUT2D eigenvalue weighted by Gasteiger charge is -2.10.